The number of hydrogen-bond donors (Lipinski definition) is 1. The number of esters is 2. The zero-order valence-corrected chi connectivity index (χ0v) is 18.4. The molecule has 0 atom stereocenters. The maximum Gasteiger partial charge on any atom is 0.334 e. The minimum absolute atomic E-state index is 0.192. The van der Waals surface area contributed by atoms with Gasteiger partial charge in [0.1, 0.15) is 0 Å². The lowest BCUT2D eigenvalue weighted by Gasteiger charge is -2.29. The molecule has 8 nitrogen and oxygen atoms in total. The third-order valence-electron chi connectivity index (χ3n) is 6.53. The van der Waals surface area contributed by atoms with Gasteiger partial charge in [-0.2, -0.15) is 0 Å². The van der Waals surface area contributed by atoms with Gasteiger partial charge in [0.05, 0.1) is 24.0 Å². The van der Waals surface area contributed by atoms with Crippen LogP contribution in [-0.4, -0.2) is 38.0 Å². The second kappa shape index (κ2) is 8.35. The molecule has 1 aromatic carbocycles. The number of hydrogen-bond acceptors (Lipinski definition) is 6. The van der Waals surface area contributed by atoms with E-state index in [-0.39, 0.29) is 6.42 Å². The van der Waals surface area contributed by atoms with E-state index in [9.17, 15) is 14.4 Å². The summed E-state index contributed by atoms with van der Waals surface area (Å²) in [7, 11) is 0. The minimum atomic E-state index is -2.15. The molecule has 2 aliphatic rings. The van der Waals surface area contributed by atoms with Crippen LogP contribution in [0, 0.1) is 12.8 Å². The van der Waals surface area contributed by atoms with Crippen molar-refractivity contribution in [2.75, 3.05) is 0 Å². The summed E-state index contributed by atoms with van der Waals surface area (Å²) in [5.74, 6) is -3.83. The average molecular weight is 447 g/mol. The molecule has 1 N–H and O–H groups in total. The number of carbonyl (C=O) groups excluding carboxylic acids is 3. The highest BCUT2D eigenvalue weighted by Gasteiger charge is 2.49. The van der Waals surface area contributed by atoms with Gasteiger partial charge in [0.2, 0.25) is 5.78 Å². The number of ketones is 1. The van der Waals surface area contributed by atoms with Crippen molar-refractivity contribution in [1.29, 1.82) is 0 Å². The lowest BCUT2D eigenvalue weighted by molar-refractivity contribution is -0.201. The minimum Gasteiger partial charge on any atom is -0.411 e. The van der Waals surface area contributed by atoms with Crippen LogP contribution in [0.25, 0.3) is 10.9 Å². The normalized spacial score (nSPS) is 18.3. The van der Waals surface area contributed by atoms with E-state index < -0.39 is 23.5 Å². The molecule has 0 spiro atoms. The molecule has 0 amide bonds. The summed E-state index contributed by atoms with van der Waals surface area (Å²) in [6, 6.07) is 7.62. The van der Waals surface area contributed by atoms with Gasteiger partial charge in [-0.25, -0.2) is 14.6 Å². The number of aromatic amines is 1. The van der Waals surface area contributed by atoms with Gasteiger partial charge in [0, 0.05) is 41.5 Å². The first-order valence-corrected chi connectivity index (χ1v) is 11.2. The highest BCUT2D eigenvalue weighted by atomic mass is 16.7. The number of benzene rings is 1. The Balaban J connectivity index is 1.60. The number of rotatable bonds is 6. The summed E-state index contributed by atoms with van der Waals surface area (Å²) in [4.78, 5) is 45.9. The first-order valence-electron chi connectivity index (χ1n) is 11.2. The fourth-order valence-electron chi connectivity index (χ4n) is 4.84. The van der Waals surface area contributed by atoms with Crippen LogP contribution in [0.1, 0.15) is 47.4 Å². The SMILES string of the molecule is Cc1[nH]cnc1CC1(C(=O)c2cn(CC3CCCC3)c3ccccc23)OC(=O)C=CC(=O)O1. The van der Waals surface area contributed by atoms with Crippen molar-refractivity contribution in [2.24, 2.45) is 5.92 Å². The monoisotopic (exact) mass is 447 g/mol. The molecule has 3 heterocycles. The van der Waals surface area contributed by atoms with Crippen LogP contribution < -0.4 is 0 Å². The molecule has 2 aromatic heterocycles. The van der Waals surface area contributed by atoms with E-state index in [2.05, 4.69) is 14.5 Å². The molecule has 8 heteroatoms. The van der Waals surface area contributed by atoms with Crippen molar-refractivity contribution in [3.8, 4) is 0 Å². The zero-order valence-electron chi connectivity index (χ0n) is 18.4. The van der Waals surface area contributed by atoms with Gasteiger partial charge in [-0.05, 0) is 31.7 Å². The van der Waals surface area contributed by atoms with Crippen molar-refractivity contribution in [1.82, 2.24) is 14.5 Å². The maximum absolute atomic E-state index is 14.0. The van der Waals surface area contributed by atoms with Gasteiger partial charge < -0.3 is 19.0 Å². The zero-order chi connectivity index (χ0) is 23.0. The smallest absolute Gasteiger partial charge is 0.334 e. The van der Waals surface area contributed by atoms with Crippen molar-refractivity contribution in [2.45, 2.75) is 51.4 Å². The molecule has 1 fully saturated rings. The number of nitrogens with one attached hydrogen (secondary N) is 1. The number of fused-ring (bicyclic) bond motifs is 1. The number of aromatic nitrogens is 3. The Hall–Kier alpha value is -3.68. The predicted octanol–water partition coefficient (Wildman–Crippen LogP) is 3.64. The summed E-state index contributed by atoms with van der Waals surface area (Å²) < 4.78 is 13.1. The molecule has 33 heavy (non-hydrogen) atoms. The van der Waals surface area contributed by atoms with Crippen LogP contribution in [0.15, 0.2) is 48.9 Å². The molecule has 0 radical (unpaired) electrons. The third-order valence-corrected chi connectivity index (χ3v) is 6.53. The molecule has 5 rings (SSSR count). The number of para-hydroxylation sites is 1. The first kappa shape index (κ1) is 21.2. The highest BCUT2D eigenvalue weighted by Crippen LogP contribution is 2.33. The summed E-state index contributed by atoms with van der Waals surface area (Å²) in [6.45, 7) is 2.59. The van der Waals surface area contributed by atoms with Crippen LogP contribution in [-0.2, 0) is 32.0 Å². The van der Waals surface area contributed by atoms with Crippen LogP contribution in [0.5, 0.6) is 0 Å². The maximum atomic E-state index is 14.0. The number of aryl methyl sites for hydroxylation is 1. The Labute approximate surface area is 190 Å². The van der Waals surface area contributed by atoms with E-state index in [1.807, 2.05) is 24.3 Å². The van der Waals surface area contributed by atoms with Gasteiger partial charge in [-0.3, -0.25) is 4.79 Å². The quantitative estimate of drug-likeness (QED) is 0.457. The highest BCUT2D eigenvalue weighted by molar-refractivity contribution is 6.13. The third kappa shape index (κ3) is 3.97. The van der Waals surface area contributed by atoms with Gasteiger partial charge in [-0.1, -0.05) is 31.0 Å². The van der Waals surface area contributed by atoms with Crippen LogP contribution in [0.4, 0.5) is 0 Å². The van der Waals surface area contributed by atoms with Crippen molar-refractivity contribution in [3.63, 3.8) is 0 Å². The van der Waals surface area contributed by atoms with Crippen molar-refractivity contribution < 1.29 is 23.9 Å². The van der Waals surface area contributed by atoms with E-state index in [0.29, 0.717) is 22.9 Å². The van der Waals surface area contributed by atoms with Crippen molar-refractivity contribution in [3.05, 3.63) is 65.9 Å². The summed E-state index contributed by atoms with van der Waals surface area (Å²) in [5, 5.41) is 0.725. The fourth-order valence-corrected chi connectivity index (χ4v) is 4.84. The van der Waals surface area contributed by atoms with Crippen LogP contribution in [0.3, 0.4) is 0 Å². The van der Waals surface area contributed by atoms with Crippen LogP contribution >= 0.6 is 0 Å². The number of imidazole rings is 1. The van der Waals surface area contributed by atoms with Crippen LogP contribution in [0.2, 0.25) is 0 Å². The van der Waals surface area contributed by atoms with Gasteiger partial charge in [0.25, 0.3) is 0 Å². The molecule has 1 saturated carbocycles. The number of Topliss-reactive ketones (excluding diaryl/α,β-unsaturated/α-hetero) is 1. The number of carbonyl (C=O) groups is 3. The van der Waals surface area contributed by atoms with E-state index in [4.69, 9.17) is 9.47 Å². The second-order valence-corrected chi connectivity index (χ2v) is 8.77. The second-order valence-electron chi connectivity index (χ2n) is 8.77. The lowest BCUT2D eigenvalue weighted by Crippen LogP contribution is -2.48. The Morgan fingerprint density at radius 1 is 1.15 bits per heavy atom. The number of ether oxygens (including phenoxy) is 2. The average Bonchev–Trinajstić information content (AvgIpc) is 3.52. The van der Waals surface area contributed by atoms with Gasteiger partial charge >= 0.3 is 17.7 Å². The molecular weight excluding hydrogens is 422 g/mol. The fraction of sp³-hybridized carbons (Fsp3) is 0.360. The van der Waals surface area contributed by atoms with Gasteiger partial charge in [-0.15, -0.1) is 0 Å². The number of nitrogens with zero attached hydrogens (tertiary/aromatic N) is 2. The molecule has 1 aliphatic carbocycles. The number of H-pyrrole nitrogens is 1. The van der Waals surface area contributed by atoms with E-state index in [1.165, 1.54) is 32.0 Å². The lowest BCUT2D eigenvalue weighted by atomic mass is 9.97. The molecule has 1 aliphatic heterocycles. The largest absolute Gasteiger partial charge is 0.411 e. The summed E-state index contributed by atoms with van der Waals surface area (Å²) in [6.07, 6.45) is 9.80. The molecule has 3 aromatic rings. The Kier molecular flexibility index (Phi) is 5.36. The summed E-state index contributed by atoms with van der Waals surface area (Å²) in [5.41, 5.74) is 2.43. The number of cyclic esters (lactones) is 2. The topological polar surface area (TPSA) is 103 Å². The standard InChI is InChI=1S/C25H25N3O5/c1-16-20(27-15-26-16)12-25(32-22(29)10-11-23(30)33-25)24(31)19-14-28(13-17-6-2-3-7-17)21-9-5-4-8-18(19)21/h4-5,8-11,14-15,17H,2-3,6-7,12-13H2,1H3,(H,26,27). The predicted molar refractivity (Wildman–Crippen MR) is 119 cm³/mol. The molecule has 0 bridgehead atoms. The summed E-state index contributed by atoms with van der Waals surface area (Å²) >= 11 is 0. The van der Waals surface area contributed by atoms with Gasteiger partial charge in [0.15, 0.2) is 0 Å². The molecule has 0 saturated heterocycles. The Morgan fingerprint density at radius 3 is 2.52 bits per heavy atom. The van der Waals surface area contributed by atoms with E-state index in [0.717, 1.165) is 29.6 Å². The van der Waals surface area contributed by atoms with Crippen molar-refractivity contribution >= 4 is 28.6 Å². The molecular formula is C25H25N3O5. The van der Waals surface area contributed by atoms with E-state index >= 15 is 0 Å². The van der Waals surface area contributed by atoms with E-state index in [1.54, 1.807) is 13.1 Å². The molecule has 0 unspecified atom stereocenters. The first-order chi connectivity index (χ1) is 15.9. The molecule has 170 valence electrons. The Morgan fingerprint density at radius 2 is 1.85 bits per heavy atom. The Bertz CT molecular complexity index is 1240.